The highest BCUT2D eigenvalue weighted by Gasteiger charge is 2.27. The van der Waals surface area contributed by atoms with Gasteiger partial charge in [-0.15, -0.1) is 0 Å². The Morgan fingerprint density at radius 2 is 2.26 bits per heavy atom. The normalized spacial score (nSPS) is 22.3. The van der Waals surface area contributed by atoms with E-state index in [-0.39, 0.29) is 0 Å². The summed E-state index contributed by atoms with van der Waals surface area (Å²) >= 11 is 0. The Balaban J connectivity index is 1.92. The predicted octanol–water partition coefficient (Wildman–Crippen LogP) is 2.24. The molecule has 1 aliphatic rings. The van der Waals surface area contributed by atoms with Crippen LogP contribution in [0.25, 0.3) is 0 Å². The van der Waals surface area contributed by atoms with E-state index in [0.29, 0.717) is 18.1 Å². The molecule has 2 heterocycles. The van der Waals surface area contributed by atoms with Gasteiger partial charge in [0.25, 0.3) is 0 Å². The lowest BCUT2D eigenvalue weighted by molar-refractivity contribution is 0.195. The second kappa shape index (κ2) is 6.53. The summed E-state index contributed by atoms with van der Waals surface area (Å²) in [5, 5.41) is 3.23. The van der Waals surface area contributed by atoms with Gasteiger partial charge in [-0.1, -0.05) is 0 Å². The van der Waals surface area contributed by atoms with Crippen LogP contribution in [0.4, 0.5) is 0 Å². The van der Waals surface area contributed by atoms with Crippen molar-refractivity contribution in [1.29, 1.82) is 0 Å². The number of oxazole rings is 1. The van der Waals surface area contributed by atoms with Gasteiger partial charge < -0.3 is 9.73 Å². The molecule has 2 atom stereocenters. The van der Waals surface area contributed by atoms with Gasteiger partial charge in [-0.3, -0.25) is 4.90 Å². The van der Waals surface area contributed by atoms with Crippen LogP contribution < -0.4 is 5.32 Å². The van der Waals surface area contributed by atoms with Crippen LogP contribution in [0.2, 0.25) is 0 Å². The molecule has 1 aromatic rings. The maximum Gasteiger partial charge on any atom is 0.195 e. The maximum absolute atomic E-state index is 5.63. The molecule has 0 aromatic carbocycles. The molecule has 108 valence electrons. The molecule has 0 bridgehead atoms. The number of hydrogen-bond acceptors (Lipinski definition) is 4. The molecule has 2 rings (SSSR count). The Bertz CT molecular complexity index is 388. The number of likely N-dealkylation sites (N-methyl/N-ethyl adjacent to an activating group) is 1. The number of nitrogens with zero attached hydrogens (tertiary/aromatic N) is 2. The summed E-state index contributed by atoms with van der Waals surface area (Å²) in [6.45, 7) is 7.92. The molecule has 1 aromatic heterocycles. The van der Waals surface area contributed by atoms with Crippen molar-refractivity contribution in [2.45, 2.75) is 64.6 Å². The first-order chi connectivity index (χ1) is 9.10. The van der Waals surface area contributed by atoms with Crippen LogP contribution in [0.3, 0.4) is 0 Å². The van der Waals surface area contributed by atoms with Crippen molar-refractivity contribution >= 4 is 0 Å². The minimum Gasteiger partial charge on any atom is -0.449 e. The molecule has 1 fully saturated rings. The van der Waals surface area contributed by atoms with E-state index in [1.54, 1.807) is 0 Å². The highest BCUT2D eigenvalue weighted by Crippen LogP contribution is 2.23. The van der Waals surface area contributed by atoms with Crippen LogP contribution in [0, 0.1) is 0 Å². The van der Waals surface area contributed by atoms with E-state index >= 15 is 0 Å². The lowest BCUT2D eigenvalue weighted by Gasteiger charge is -2.27. The summed E-state index contributed by atoms with van der Waals surface area (Å²) in [6, 6.07) is 1.66. The topological polar surface area (TPSA) is 41.3 Å². The summed E-state index contributed by atoms with van der Waals surface area (Å²) in [7, 11) is 1.98. The first kappa shape index (κ1) is 14.5. The molecule has 0 spiro atoms. The zero-order chi connectivity index (χ0) is 13.8. The average Bonchev–Trinajstić information content (AvgIpc) is 2.99. The number of aromatic nitrogens is 1. The van der Waals surface area contributed by atoms with Gasteiger partial charge in [0.1, 0.15) is 6.26 Å². The van der Waals surface area contributed by atoms with Crippen LogP contribution in [-0.2, 0) is 12.8 Å². The molecule has 0 aliphatic carbocycles. The Kier molecular flexibility index (Phi) is 4.99. The van der Waals surface area contributed by atoms with E-state index in [2.05, 4.69) is 36.0 Å². The van der Waals surface area contributed by atoms with E-state index in [0.717, 1.165) is 24.4 Å². The van der Waals surface area contributed by atoms with Crippen molar-refractivity contribution in [1.82, 2.24) is 15.2 Å². The Morgan fingerprint density at radius 1 is 1.47 bits per heavy atom. The zero-order valence-electron chi connectivity index (χ0n) is 12.6. The van der Waals surface area contributed by atoms with Gasteiger partial charge in [0.05, 0.1) is 5.69 Å². The van der Waals surface area contributed by atoms with Crippen molar-refractivity contribution < 1.29 is 4.42 Å². The zero-order valence-corrected chi connectivity index (χ0v) is 12.6. The quantitative estimate of drug-likeness (QED) is 0.856. The van der Waals surface area contributed by atoms with Crippen LogP contribution in [-0.4, -0.2) is 41.6 Å². The maximum atomic E-state index is 5.63. The summed E-state index contributed by atoms with van der Waals surface area (Å²) in [6.07, 6.45) is 6.26. The van der Waals surface area contributed by atoms with Crippen LogP contribution >= 0.6 is 0 Å². The smallest absolute Gasteiger partial charge is 0.195 e. The van der Waals surface area contributed by atoms with Gasteiger partial charge in [-0.05, 0) is 47.2 Å². The molecular weight excluding hydrogens is 238 g/mol. The van der Waals surface area contributed by atoms with Gasteiger partial charge in [0.15, 0.2) is 5.89 Å². The molecule has 0 radical (unpaired) electrons. The molecule has 1 aliphatic heterocycles. The van der Waals surface area contributed by atoms with E-state index in [1.165, 1.54) is 19.4 Å². The Morgan fingerprint density at radius 3 is 2.95 bits per heavy atom. The third-order valence-corrected chi connectivity index (χ3v) is 4.10. The highest BCUT2D eigenvalue weighted by molar-refractivity contribution is 5.01. The summed E-state index contributed by atoms with van der Waals surface area (Å²) in [5.41, 5.74) is 1.06. The predicted molar refractivity (Wildman–Crippen MR) is 77.3 cm³/mol. The Hall–Kier alpha value is -0.870. The van der Waals surface area contributed by atoms with Crippen LogP contribution in [0.5, 0.6) is 0 Å². The molecule has 1 saturated heterocycles. The lowest BCUT2D eigenvalue weighted by Crippen LogP contribution is -2.36. The molecule has 4 heteroatoms. The van der Waals surface area contributed by atoms with Crippen molar-refractivity contribution in [3.8, 4) is 0 Å². The number of rotatable bonds is 6. The van der Waals surface area contributed by atoms with Gasteiger partial charge in [0.2, 0.25) is 0 Å². The minimum absolute atomic E-state index is 0.441. The monoisotopic (exact) mass is 265 g/mol. The van der Waals surface area contributed by atoms with Crippen LogP contribution in [0.1, 0.15) is 45.2 Å². The summed E-state index contributed by atoms with van der Waals surface area (Å²) in [4.78, 5) is 7.19. The van der Waals surface area contributed by atoms with E-state index < -0.39 is 0 Å². The standard InChI is InChI=1S/C15H27N3O/c1-11(2)18-7-5-6-14(18)9-15-17-13(10-19-15)8-12(3)16-4/h10-12,14,16H,5-9H2,1-4H3. The number of likely N-dealkylation sites (tertiary alicyclic amines) is 1. The van der Waals surface area contributed by atoms with Gasteiger partial charge >= 0.3 is 0 Å². The van der Waals surface area contributed by atoms with Gasteiger partial charge in [0, 0.05) is 31.0 Å². The largest absolute Gasteiger partial charge is 0.449 e. The Labute approximate surface area is 116 Å². The minimum atomic E-state index is 0.441. The molecule has 0 saturated carbocycles. The van der Waals surface area contributed by atoms with E-state index in [1.807, 2.05) is 13.3 Å². The third-order valence-electron chi connectivity index (χ3n) is 4.10. The van der Waals surface area contributed by atoms with Gasteiger partial charge in [-0.25, -0.2) is 4.98 Å². The number of hydrogen-bond donors (Lipinski definition) is 1. The molecular formula is C15H27N3O. The molecule has 0 amide bonds. The van der Waals surface area contributed by atoms with E-state index in [4.69, 9.17) is 4.42 Å². The third kappa shape index (κ3) is 3.80. The second-order valence-electron chi connectivity index (χ2n) is 5.96. The molecule has 2 unspecified atom stereocenters. The van der Waals surface area contributed by atoms with Crippen molar-refractivity contribution in [2.24, 2.45) is 0 Å². The summed E-state index contributed by atoms with van der Waals surface area (Å²) in [5.74, 6) is 0.899. The fourth-order valence-corrected chi connectivity index (χ4v) is 2.91. The molecule has 4 nitrogen and oxygen atoms in total. The molecule has 1 N–H and O–H groups in total. The van der Waals surface area contributed by atoms with Crippen LogP contribution in [0.15, 0.2) is 10.7 Å². The SMILES string of the molecule is CNC(C)Cc1coc(CC2CCCN2C(C)C)n1. The second-order valence-corrected chi connectivity index (χ2v) is 5.96. The fourth-order valence-electron chi connectivity index (χ4n) is 2.91. The first-order valence-corrected chi connectivity index (χ1v) is 7.46. The highest BCUT2D eigenvalue weighted by atomic mass is 16.3. The van der Waals surface area contributed by atoms with E-state index in [9.17, 15) is 0 Å². The van der Waals surface area contributed by atoms with Crippen molar-refractivity contribution in [3.63, 3.8) is 0 Å². The first-order valence-electron chi connectivity index (χ1n) is 7.46. The summed E-state index contributed by atoms with van der Waals surface area (Å²) < 4.78 is 5.63. The van der Waals surface area contributed by atoms with Crippen molar-refractivity contribution in [3.05, 3.63) is 17.8 Å². The number of nitrogens with one attached hydrogen (secondary N) is 1. The fraction of sp³-hybridized carbons (Fsp3) is 0.800. The molecule has 19 heavy (non-hydrogen) atoms. The van der Waals surface area contributed by atoms with Gasteiger partial charge in [-0.2, -0.15) is 0 Å². The van der Waals surface area contributed by atoms with Crippen molar-refractivity contribution in [2.75, 3.05) is 13.6 Å². The average molecular weight is 265 g/mol. The lowest BCUT2D eigenvalue weighted by atomic mass is 10.1.